The lowest BCUT2D eigenvalue weighted by atomic mass is 10.1. The molecule has 31 heavy (non-hydrogen) atoms. The molecule has 158 valence electrons. The number of amides is 2. The Morgan fingerprint density at radius 2 is 1.84 bits per heavy atom. The van der Waals surface area contributed by atoms with Crippen molar-refractivity contribution < 1.29 is 9.32 Å². The lowest BCUT2D eigenvalue weighted by Crippen LogP contribution is -2.50. The number of rotatable bonds is 5. The van der Waals surface area contributed by atoms with Crippen molar-refractivity contribution in [1.29, 1.82) is 5.26 Å². The Labute approximate surface area is 181 Å². The van der Waals surface area contributed by atoms with Crippen LogP contribution in [0.4, 0.5) is 10.5 Å². The van der Waals surface area contributed by atoms with Gasteiger partial charge >= 0.3 is 6.03 Å². The molecule has 1 N–H and O–H groups in total. The van der Waals surface area contributed by atoms with Gasteiger partial charge < -0.3 is 14.7 Å². The Morgan fingerprint density at radius 1 is 1.13 bits per heavy atom. The number of benzene rings is 2. The Morgan fingerprint density at radius 3 is 2.52 bits per heavy atom. The van der Waals surface area contributed by atoms with Crippen LogP contribution in [0, 0.1) is 11.3 Å². The third kappa shape index (κ3) is 5.08. The first-order chi connectivity index (χ1) is 15.1. The van der Waals surface area contributed by atoms with Gasteiger partial charge in [0.1, 0.15) is 0 Å². The summed E-state index contributed by atoms with van der Waals surface area (Å²) in [5.74, 6) is 1.27. The van der Waals surface area contributed by atoms with Crippen molar-refractivity contribution in [2.24, 2.45) is 0 Å². The van der Waals surface area contributed by atoms with E-state index in [0.717, 1.165) is 18.7 Å². The first kappa shape index (κ1) is 20.6. The van der Waals surface area contributed by atoms with Gasteiger partial charge in [-0.05, 0) is 36.8 Å². The lowest BCUT2D eigenvalue weighted by Gasteiger charge is -2.36. The van der Waals surface area contributed by atoms with Crippen LogP contribution in [-0.2, 0) is 6.42 Å². The zero-order valence-corrected chi connectivity index (χ0v) is 17.4. The fraction of sp³-hybridized carbons (Fsp3) is 0.304. The maximum Gasteiger partial charge on any atom is 0.321 e. The van der Waals surface area contributed by atoms with Crippen molar-refractivity contribution in [2.75, 3.05) is 31.5 Å². The number of hydrogen-bond donors (Lipinski definition) is 1. The molecule has 2 amide bonds. The minimum atomic E-state index is -0.139. The van der Waals surface area contributed by atoms with Crippen LogP contribution in [0.5, 0.6) is 0 Å². The third-order valence-electron chi connectivity index (χ3n) is 5.46. The highest BCUT2D eigenvalue weighted by atomic mass is 16.5. The van der Waals surface area contributed by atoms with Crippen molar-refractivity contribution >= 4 is 11.7 Å². The van der Waals surface area contributed by atoms with Gasteiger partial charge in [0.05, 0.1) is 17.7 Å². The van der Waals surface area contributed by atoms with E-state index < -0.39 is 0 Å². The molecule has 4 rings (SSSR count). The number of urea groups is 1. The van der Waals surface area contributed by atoms with Crippen LogP contribution < -0.4 is 5.32 Å². The van der Waals surface area contributed by atoms with Gasteiger partial charge in [-0.3, -0.25) is 4.90 Å². The molecule has 0 spiro atoms. The van der Waals surface area contributed by atoms with E-state index in [-0.39, 0.29) is 12.1 Å². The Hall–Kier alpha value is -3.70. The van der Waals surface area contributed by atoms with E-state index in [1.807, 2.05) is 37.3 Å². The SMILES string of the molecule is C[C@@H](c1nc(Cc2ccccc2)no1)N1CCN(C(=O)Nc2ccc(C#N)cc2)CC1. The topological polar surface area (TPSA) is 98.3 Å². The van der Waals surface area contributed by atoms with Gasteiger partial charge in [0, 0.05) is 38.3 Å². The van der Waals surface area contributed by atoms with Crippen LogP contribution in [0.2, 0.25) is 0 Å². The van der Waals surface area contributed by atoms with Crippen molar-refractivity contribution in [3.8, 4) is 6.07 Å². The minimum absolute atomic E-state index is 0.0132. The molecule has 0 saturated carbocycles. The summed E-state index contributed by atoms with van der Waals surface area (Å²) in [4.78, 5) is 21.1. The third-order valence-corrected chi connectivity index (χ3v) is 5.46. The fourth-order valence-electron chi connectivity index (χ4n) is 3.59. The highest BCUT2D eigenvalue weighted by Gasteiger charge is 2.27. The molecule has 1 aliphatic heterocycles. The second-order valence-corrected chi connectivity index (χ2v) is 7.53. The van der Waals surface area contributed by atoms with E-state index >= 15 is 0 Å². The quantitative estimate of drug-likeness (QED) is 0.684. The largest absolute Gasteiger partial charge is 0.338 e. The van der Waals surface area contributed by atoms with Crippen LogP contribution in [0.25, 0.3) is 0 Å². The number of carbonyl (C=O) groups excluding carboxylic acids is 1. The standard InChI is InChI=1S/C23H24N6O2/c1-17(22-26-21(27-31-22)15-18-5-3-2-4-6-18)28-11-13-29(14-12-28)23(30)25-20-9-7-19(16-24)8-10-20/h2-10,17H,11-15H2,1H3,(H,25,30)/t17-/m0/s1. The molecule has 2 heterocycles. The van der Waals surface area contributed by atoms with Crippen molar-refractivity contribution in [3.63, 3.8) is 0 Å². The lowest BCUT2D eigenvalue weighted by molar-refractivity contribution is 0.104. The number of carbonyl (C=O) groups is 1. The Kier molecular flexibility index (Phi) is 6.24. The normalized spacial score (nSPS) is 15.3. The summed E-state index contributed by atoms with van der Waals surface area (Å²) in [6.45, 7) is 4.71. The van der Waals surface area contributed by atoms with Crippen molar-refractivity contribution in [1.82, 2.24) is 19.9 Å². The number of nitrogens with zero attached hydrogens (tertiary/aromatic N) is 5. The van der Waals surface area contributed by atoms with Gasteiger partial charge in [0.25, 0.3) is 0 Å². The van der Waals surface area contributed by atoms with E-state index in [4.69, 9.17) is 9.78 Å². The van der Waals surface area contributed by atoms with Crippen LogP contribution in [0.1, 0.15) is 35.8 Å². The maximum atomic E-state index is 12.5. The average molecular weight is 416 g/mol. The van der Waals surface area contributed by atoms with E-state index in [1.54, 1.807) is 29.2 Å². The van der Waals surface area contributed by atoms with Gasteiger partial charge in [-0.1, -0.05) is 35.5 Å². The van der Waals surface area contributed by atoms with E-state index in [9.17, 15) is 4.79 Å². The summed E-state index contributed by atoms with van der Waals surface area (Å²) < 4.78 is 5.51. The number of nitriles is 1. The first-order valence-corrected chi connectivity index (χ1v) is 10.3. The van der Waals surface area contributed by atoms with Gasteiger partial charge in [0.15, 0.2) is 5.82 Å². The van der Waals surface area contributed by atoms with Gasteiger partial charge in [-0.15, -0.1) is 0 Å². The molecule has 1 atom stereocenters. The predicted molar refractivity (Wildman–Crippen MR) is 115 cm³/mol. The molecule has 2 aromatic carbocycles. The first-order valence-electron chi connectivity index (χ1n) is 10.3. The molecule has 1 fully saturated rings. The molecule has 1 aromatic heterocycles. The summed E-state index contributed by atoms with van der Waals surface area (Å²) in [6.07, 6.45) is 0.639. The van der Waals surface area contributed by atoms with Crippen LogP contribution in [0.15, 0.2) is 59.1 Å². The molecule has 8 heteroatoms. The molecular formula is C23H24N6O2. The maximum absolute atomic E-state index is 12.5. The zero-order chi connectivity index (χ0) is 21.6. The number of piperazine rings is 1. The highest BCUT2D eigenvalue weighted by molar-refractivity contribution is 5.89. The summed E-state index contributed by atoms with van der Waals surface area (Å²) in [5, 5.41) is 15.9. The average Bonchev–Trinajstić information content (AvgIpc) is 3.28. The molecule has 0 radical (unpaired) electrons. The van der Waals surface area contributed by atoms with Crippen LogP contribution >= 0.6 is 0 Å². The number of nitrogens with one attached hydrogen (secondary N) is 1. The van der Waals surface area contributed by atoms with E-state index in [2.05, 4.69) is 26.4 Å². The van der Waals surface area contributed by atoms with Gasteiger partial charge in [-0.2, -0.15) is 10.2 Å². The number of aromatic nitrogens is 2. The van der Waals surface area contributed by atoms with Crippen molar-refractivity contribution in [2.45, 2.75) is 19.4 Å². The molecule has 8 nitrogen and oxygen atoms in total. The molecule has 3 aromatic rings. The number of hydrogen-bond acceptors (Lipinski definition) is 6. The summed E-state index contributed by atoms with van der Waals surface area (Å²) >= 11 is 0. The number of anilines is 1. The second kappa shape index (κ2) is 9.41. The Bertz CT molecular complexity index is 1050. The van der Waals surface area contributed by atoms with E-state index in [0.29, 0.717) is 42.5 Å². The van der Waals surface area contributed by atoms with Gasteiger partial charge in [0.2, 0.25) is 5.89 Å². The molecule has 0 unspecified atom stereocenters. The van der Waals surface area contributed by atoms with E-state index in [1.165, 1.54) is 0 Å². The Balaban J connectivity index is 1.29. The molecule has 0 bridgehead atoms. The zero-order valence-electron chi connectivity index (χ0n) is 17.4. The second-order valence-electron chi connectivity index (χ2n) is 7.53. The summed E-state index contributed by atoms with van der Waals surface area (Å²) in [6, 6.07) is 18.8. The fourth-order valence-corrected chi connectivity index (χ4v) is 3.59. The van der Waals surface area contributed by atoms with Crippen molar-refractivity contribution in [3.05, 3.63) is 77.4 Å². The van der Waals surface area contributed by atoms with Crippen LogP contribution in [0.3, 0.4) is 0 Å². The summed E-state index contributed by atoms with van der Waals surface area (Å²) in [7, 11) is 0. The molecule has 0 aliphatic carbocycles. The minimum Gasteiger partial charge on any atom is -0.338 e. The molecular weight excluding hydrogens is 392 g/mol. The van der Waals surface area contributed by atoms with Gasteiger partial charge in [-0.25, -0.2) is 4.79 Å². The summed E-state index contributed by atoms with van der Waals surface area (Å²) in [5.41, 5.74) is 2.38. The molecule has 1 saturated heterocycles. The smallest absolute Gasteiger partial charge is 0.321 e. The highest BCUT2D eigenvalue weighted by Crippen LogP contribution is 2.21. The molecule has 1 aliphatic rings. The predicted octanol–water partition coefficient (Wildman–Crippen LogP) is 3.44. The van der Waals surface area contributed by atoms with Crippen LogP contribution in [-0.4, -0.2) is 52.2 Å². The monoisotopic (exact) mass is 416 g/mol.